The van der Waals surface area contributed by atoms with Gasteiger partial charge in [-0.15, -0.1) is 11.6 Å². The fourth-order valence-corrected chi connectivity index (χ4v) is 2.94. The summed E-state index contributed by atoms with van der Waals surface area (Å²) in [6.07, 6.45) is 4.01. The molecule has 0 aliphatic rings. The van der Waals surface area contributed by atoms with Crippen molar-refractivity contribution in [3.8, 4) is 5.69 Å². The molecule has 3 heteroatoms. The predicted molar refractivity (Wildman–Crippen MR) is 81.3 cm³/mol. The van der Waals surface area contributed by atoms with Crippen LogP contribution in [0.3, 0.4) is 0 Å². The number of halogens is 1. The van der Waals surface area contributed by atoms with Crippen molar-refractivity contribution in [1.29, 1.82) is 0 Å². The lowest BCUT2D eigenvalue weighted by Crippen LogP contribution is -2.07. The maximum atomic E-state index is 6.02. The Hall–Kier alpha value is -1.28. The summed E-state index contributed by atoms with van der Waals surface area (Å²) >= 11 is 6.02. The minimum absolute atomic E-state index is 0.527. The van der Waals surface area contributed by atoms with E-state index >= 15 is 0 Å². The number of alkyl halides is 1. The molecule has 0 bridgehead atoms. The normalized spacial score (nSPS) is 11.0. The van der Waals surface area contributed by atoms with E-state index in [9.17, 15) is 0 Å². The molecule has 0 radical (unpaired) electrons. The highest BCUT2D eigenvalue weighted by Crippen LogP contribution is 2.24. The van der Waals surface area contributed by atoms with Gasteiger partial charge in [0.2, 0.25) is 0 Å². The Morgan fingerprint density at radius 1 is 1.16 bits per heavy atom. The van der Waals surface area contributed by atoms with Crippen LogP contribution in [0, 0.1) is 20.8 Å². The monoisotopic (exact) mass is 276 g/mol. The third-order valence-electron chi connectivity index (χ3n) is 3.43. The fraction of sp³-hybridized carbons (Fsp3) is 0.438. The zero-order chi connectivity index (χ0) is 14.0. The lowest BCUT2D eigenvalue weighted by Gasteiger charge is -2.15. The minimum atomic E-state index is 0.527. The molecule has 0 atom stereocenters. The summed E-state index contributed by atoms with van der Waals surface area (Å²) in [5, 5.41) is 4.56. The minimum Gasteiger partial charge on any atom is -0.237 e. The molecule has 1 aromatic heterocycles. The Labute approximate surface area is 120 Å². The van der Waals surface area contributed by atoms with Gasteiger partial charge in [0.25, 0.3) is 0 Å². The molecule has 0 saturated carbocycles. The van der Waals surface area contributed by atoms with Crippen LogP contribution in [0.15, 0.2) is 18.3 Å². The third-order valence-corrected chi connectivity index (χ3v) is 3.72. The van der Waals surface area contributed by atoms with Crippen LogP contribution in [0.1, 0.15) is 41.3 Å². The van der Waals surface area contributed by atoms with Crippen molar-refractivity contribution in [1.82, 2.24) is 9.78 Å². The second-order valence-corrected chi connectivity index (χ2v) is 5.43. The van der Waals surface area contributed by atoms with Gasteiger partial charge in [0.05, 0.1) is 17.8 Å². The Morgan fingerprint density at radius 2 is 1.79 bits per heavy atom. The van der Waals surface area contributed by atoms with Crippen LogP contribution in [0.5, 0.6) is 0 Å². The zero-order valence-corrected chi connectivity index (χ0v) is 12.9. The summed E-state index contributed by atoms with van der Waals surface area (Å²) in [6, 6.07) is 4.42. The number of aromatic nitrogens is 2. The number of benzene rings is 1. The van der Waals surface area contributed by atoms with E-state index in [1.807, 2.05) is 6.20 Å². The molecule has 0 fully saturated rings. The smallest absolute Gasteiger partial charge is 0.0707 e. The highest BCUT2D eigenvalue weighted by molar-refractivity contribution is 6.17. The van der Waals surface area contributed by atoms with Crippen LogP contribution in [0.25, 0.3) is 5.69 Å². The molecule has 0 N–H and O–H groups in total. The Balaban J connectivity index is 2.62. The topological polar surface area (TPSA) is 17.8 Å². The van der Waals surface area contributed by atoms with Crippen LogP contribution >= 0.6 is 11.6 Å². The average Bonchev–Trinajstić information content (AvgIpc) is 2.72. The summed E-state index contributed by atoms with van der Waals surface area (Å²) in [6.45, 7) is 8.61. The molecule has 0 amide bonds. The Kier molecular flexibility index (Phi) is 4.31. The lowest BCUT2D eigenvalue weighted by atomic mass is 10.0. The Bertz CT molecular complexity index is 561. The molecule has 0 saturated heterocycles. The third kappa shape index (κ3) is 2.69. The summed E-state index contributed by atoms with van der Waals surface area (Å²) < 4.78 is 2.07. The van der Waals surface area contributed by atoms with Gasteiger partial charge in [-0.1, -0.05) is 31.0 Å². The van der Waals surface area contributed by atoms with Crippen molar-refractivity contribution < 1.29 is 0 Å². The maximum absolute atomic E-state index is 6.02. The highest BCUT2D eigenvalue weighted by Gasteiger charge is 2.14. The molecular formula is C16H21ClN2. The van der Waals surface area contributed by atoms with E-state index in [1.165, 1.54) is 28.1 Å². The van der Waals surface area contributed by atoms with Crippen LogP contribution < -0.4 is 0 Å². The summed E-state index contributed by atoms with van der Waals surface area (Å²) in [4.78, 5) is 0. The van der Waals surface area contributed by atoms with E-state index in [0.717, 1.165) is 18.4 Å². The van der Waals surface area contributed by atoms with Crippen molar-refractivity contribution in [3.05, 3.63) is 46.3 Å². The van der Waals surface area contributed by atoms with E-state index in [-0.39, 0.29) is 0 Å². The predicted octanol–water partition coefficient (Wildman–Crippen LogP) is 4.49. The first-order valence-corrected chi connectivity index (χ1v) is 7.31. The molecule has 0 aliphatic heterocycles. The Morgan fingerprint density at radius 3 is 2.32 bits per heavy atom. The molecular weight excluding hydrogens is 256 g/mol. The largest absolute Gasteiger partial charge is 0.237 e. The molecule has 102 valence electrons. The maximum Gasteiger partial charge on any atom is 0.0707 e. The average molecular weight is 277 g/mol. The van der Waals surface area contributed by atoms with E-state index in [0.29, 0.717) is 5.88 Å². The summed E-state index contributed by atoms with van der Waals surface area (Å²) in [5.74, 6) is 0.527. The summed E-state index contributed by atoms with van der Waals surface area (Å²) in [5.41, 5.74) is 7.40. The number of aryl methyl sites for hydroxylation is 3. The zero-order valence-electron chi connectivity index (χ0n) is 12.1. The van der Waals surface area contributed by atoms with Gasteiger partial charge in [0, 0.05) is 11.3 Å². The van der Waals surface area contributed by atoms with Gasteiger partial charge in [0.15, 0.2) is 0 Å². The number of rotatable bonds is 4. The van der Waals surface area contributed by atoms with Crippen molar-refractivity contribution in [2.24, 2.45) is 0 Å². The molecule has 2 nitrogen and oxygen atoms in total. The lowest BCUT2D eigenvalue weighted by molar-refractivity contribution is 0.763. The van der Waals surface area contributed by atoms with Gasteiger partial charge in [-0.05, 0) is 38.3 Å². The van der Waals surface area contributed by atoms with Gasteiger partial charge in [-0.25, -0.2) is 4.68 Å². The molecule has 19 heavy (non-hydrogen) atoms. The number of hydrogen-bond donors (Lipinski definition) is 0. The van der Waals surface area contributed by atoms with E-state index in [2.05, 4.69) is 49.6 Å². The van der Waals surface area contributed by atoms with E-state index < -0.39 is 0 Å². The number of nitrogens with zero attached hydrogens (tertiary/aromatic N) is 2. The van der Waals surface area contributed by atoms with Gasteiger partial charge < -0.3 is 0 Å². The first kappa shape index (κ1) is 14.1. The van der Waals surface area contributed by atoms with Crippen molar-refractivity contribution in [2.75, 3.05) is 0 Å². The first-order chi connectivity index (χ1) is 9.08. The SMILES string of the molecule is CCCc1c(CCl)cnn1-c1c(C)cc(C)cc1C. The molecule has 0 spiro atoms. The second kappa shape index (κ2) is 5.79. The van der Waals surface area contributed by atoms with Gasteiger partial charge in [0.1, 0.15) is 0 Å². The molecule has 0 unspecified atom stereocenters. The first-order valence-electron chi connectivity index (χ1n) is 6.78. The highest BCUT2D eigenvalue weighted by atomic mass is 35.5. The van der Waals surface area contributed by atoms with Gasteiger partial charge in [-0.2, -0.15) is 5.10 Å². The van der Waals surface area contributed by atoms with Crippen LogP contribution in [0.2, 0.25) is 0 Å². The molecule has 2 rings (SSSR count). The molecule has 1 heterocycles. The molecule has 0 aliphatic carbocycles. The second-order valence-electron chi connectivity index (χ2n) is 5.16. The van der Waals surface area contributed by atoms with Crippen LogP contribution in [0.4, 0.5) is 0 Å². The van der Waals surface area contributed by atoms with E-state index in [1.54, 1.807) is 0 Å². The van der Waals surface area contributed by atoms with Gasteiger partial charge in [-0.3, -0.25) is 0 Å². The van der Waals surface area contributed by atoms with Crippen LogP contribution in [-0.2, 0) is 12.3 Å². The molecule has 1 aromatic carbocycles. The van der Waals surface area contributed by atoms with Gasteiger partial charge >= 0.3 is 0 Å². The standard InChI is InChI=1S/C16H21ClN2/c1-5-6-15-14(9-17)10-18-19(15)16-12(3)7-11(2)8-13(16)4/h7-8,10H,5-6,9H2,1-4H3. The fourth-order valence-electron chi connectivity index (χ4n) is 2.72. The molecule has 2 aromatic rings. The summed E-state index contributed by atoms with van der Waals surface area (Å²) in [7, 11) is 0. The quantitative estimate of drug-likeness (QED) is 0.753. The van der Waals surface area contributed by atoms with E-state index in [4.69, 9.17) is 11.6 Å². The van der Waals surface area contributed by atoms with Crippen molar-refractivity contribution in [3.63, 3.8) is 0 Å². The number of hydrogen-bond acceptors (Lipinski definition) is 1. The van der Waals surface area contributed by atoms with Crippen LogP contribution in [-0.4, -0.2) is 9.78 Å². The van der Waals surface area contributed by atoms with Crippen molar-refractivity contribution in [2.45, 2.75) is 46.4 Å². The van der Waals surface area contributed by atoms with Crippen molar-refractivity contribution >= 4 is 11.6 Å².